The zero-order valence-corrected chi connectivity index (χ0v) is 18.5. The Morgan fingerprint density at radius 3 is 2.14 bits per heavy atom. The van der Waals surface area contributed by atoms with E-state index in [1.54, 1.807) is 0 Å². The van der Waals surface area contributed by atoms with Crippen LogP contribution >= 0.6 is 0 Å². The van der Waals surface area contributed by atoms with Crippen molar-refractivity contribution in [2.24, 2.45) is 0 Å². The van der Waals surface area contributed by atoms with E-state index < -0.39 is 0 Å². The van der Waals surface area contributed by atoms with Crippen molar-refractivity contribution in [1.82, 2.24) is 0 Å². The monoisotopic (exact) mass is 385 g/mol. The van der Waals surface area contributed by atoms with Gasteiger partial charge in [0.1, 0.15) is 0 Å². The predicted molar refractivity (Wildman–Crippen MR) is 126 cm³/mol. The normalized spacial score (nSPS) is 17.2. The number of nitrogens with zero attached hydrogens (tertiary/aromatic N) is 1. The summed E-state index contributed by atoms with van der Waals surface area (Å²) in [5.41, 5.74) is 9.32. The molecule has 0 aromatic heterocycles. The Balaban J connectivity index is 2.00. The summed E-state index contributed by atoms with van der Waals surface area (Å²) in [4.78, 5) is 2.33. The van der Waals surface area contributed by atoms with Crippen LogP contribution in [0, 0.1) is 0 Å². The summed E-state index contributed by atoms with van der Waals surface area (Å²) in [5.74, 6) is 0. The van der Waals surface area contributed by atoms with E-state index in [2.05, 4.69) is 81.1 Å². The molecule has 0 aliphatic heterocycles. The van der Waals surface area contributed by atoms with Crippen LogP contribution in [0.5, 0.6) is 0 Å². The van der Waals surface area contributed by atoms with Gasteiger partial charge in [0.05, 0.1) is 0 Å². The van der Waals surface area contributed by atoms with Gasteiger partial charge in [-0.2, -0.15) is 0 Å². The summed E-state index contributed by atoms with van der Waals surface area (Å²) in [6.07, 6.45) is -0.664. The van der Waals surface area contributed by atoms with E-state index in [-0.39, 0.29) is 24.3 Å². The number of hydrogen-bond acceptors (Lipinski definition) is 1. The maximum absolute atomic E-state index is 8.68. The van der Waals surface area contributed by atoms with E-state index >= 15 is 0 Å². The molecule has 0 saturated heterocycles. The highest BCUT2D eigenvalue weighted by molar-refractivity contribution is 5.85. The summed E-state index contributed by atoms with van der Waals surface area (Å²) in [6, 6.07) is 21.7. The predicted octanol–water partition coefficient (Wildman–Crippen LogP) is 7.66. The number of anilines is 2. The molecule has 1 aliphatic rings. The van der Waals surface area contributed by atoms with E-state index in [0.717, 1.165) is 22.5 Å². The summed E-state index contributed by atoms with van der Waals surface area (Å²) < 4.78 is 17.1. The minimum absolute atomic E-state index is 0.0879. The van der Waals surface area contributed by atoms with Gasteiger partial charge in [-0.05, 0) is 78.2 Å². The molecule has 1 heteroatoms. The molecule has 4 rings (SSSR count). The molecule has 1 nitrogen and oxygen atoms in total. The van der Waals surface area contributed by atoms with Gasteiger partial charge in [0.15, 0.2) is 0 Å². The highest BCUT2D eigenvalue weighted by Gasteiger charge is 2.36. The molecule has 3 aromatic carbocycles. The molecule has 3 aromatic rings. The van der Waals surface area contributed by atoms with E-state index in [1.807, 2.05) is 26.0 Å². The van der Waals surface area contributed by atoms with Crippen LogP contribution in [0.2, 0.25) is 0 Å². The van der Waals surface area contributed by atoms with Gasteiger partial charge in [-0.1, -0.05) is 70.2 Å². The topological polar surface area (TPSA) is 3.24 Å². The Morgan fingerprint density at radius 1 is 0.793 bits per heavy atom. The molecule has 0 fully saturated rings. The van der Waals surface area contributed by atoms with Crippen molar-refractivity contribution >= 4 is 11.4 Å². The largest absolute Gasteiger partial charge is 0.338 e. The van der Waals surface area contributed by atoms with Gasteiger partial charge in [-0.25, -0.2) is 0 Å². The minimum atomic E-state index is -0.349. The van der Waals surface area contributed by atoms with Crippen molar-refractivity contribution in [3.63, 3.8) is 0 Å². The molecule has 0 amide bonds. The molecule has 0 bridgehead atoms. The molecule has 0 saturated carbocycles. The van der Waals surface area contributed by atoms with E-state index in [0.29, 0.717) is 0 Å². The average Bonchev–Trinajstić information content (AvgIpc) is 2.95. The second kappa shape index (κ2) is 7.37. The van der Waals surface area contributed by atoms with Crippen LogP contribution in [0.4, 0.5) is 11.4 Å². The first-order chi connectivity index (χ1) is 14.6. The van der Waals surface area contributed by atoms with Crippen molar-refractivity contribution < 1.29 is 2.74 Å². The highest BCUT2D eigenvalue weighted by atomic mass is 15.2. The molecule has 2 unspecified atom stereocenters. The Kier molecular flexibility index (Phi) is 4.40. The third-order valence-electron chi connectivity index (χ3n) is 6.32. The number of para-hydroxylation sites is 1. The van der Waals surface area contributed by atoms with Gasteiger partial charge in [0.2, 0.25) is 0 Å². The lowest BCUT2D eigenvalue weighted by molar-refractivity contribution is 0.659. The lowest BCUT2D eigenvalue weighted by Gasteiger charge is -2.34. The van der Waals surface area contributed by atoms with Crippen LogP contribution in [-0.4, -0.2) is 6.04 Å². The number of hydrogen-bond donors (Lipinski definition) is 0. The first-order valence-corrected chi connectivity index (χ1v) is 10.7. The number of fused-ring (bicyclic) bond motifs is 3. The Labute approximate surface area is 179 Å². The van der Waals surface area contributed by atoms with Crippen LogP contribution in [0.25, 0.3) is 11.1 Å². The summed E-state index contributed by atoms with van der Waals surface area (Å²) >= 11 is 0. The average molecular weight is 386 g/mol. The lowest BCUT2D eigenvalue weighted by atomic mass is 9.82. The number of rotatable bonds is 5. The van der Waals surface area contributed by atoms with Crippen LogP contribution in [0.1, 0.15) is 66.5 Å². The van der Waals surface area contributed by atoms with E-state index in [1.165, 1.54) is 22.3 Å². The molecule has 29 heavy (non-hydrogen) atoms. The standard InChI is InChI=1S/C28H33N/c1-7-20-13-9-12-16-26(20)29(19(3)4)27-18-25-23(17-21(27)8-2)22-14-10-11-15-24(22)28(25,5)6/h9-19H,7-8H2,1-6H3/i7D,8D. The SMILES string of the molecule is [2H]C(C)c1ccccc1N(c1cc2c(cc1C([2H])C)-c1ccccc1C2(C)C)C(C)C. The molecule has 1 aliphatic carbocycles. The summed E-state index contributed by atoms with van der Waals surface area (Å²) in [6.45, 7) is 12.9. The molecule has 0 N–H and O–H groups in total. The molecule has 2 atom stereocenters. The van der Waals surface area contributed by atoms with Crippen molar-refractivity contribution in [1.29, 1.82) is 0 Å². The van der Waals surface area contributed by atoms with E-state index in [4.69, 9.17) is 2.74 Å². The van der Waals surface area contributed by atoms with Gasteiger partial charge in [0, 0.05) is 25.6 Å². The second-order valence-corrected chi connectivity index (χ2v) is 8.73. The number of aryl methyl sites for hydroxylation is 2. The molecule has 0 spiro atoms. The first kappa shape index (κ1) is 17.3. The van der Waals surface area contributed by atoms with Gasteiger partial charge < -0.3 is 4.90 Å². The van der Waals surface area contributed by atoms with Gasteiger partial charge in [0.25, 0.3) is 0 Å². The summed E-state index contributed by atoms with van der Waals surface area (Å²) in [5, 5.41) is 0. The molecule has 0 radical (unpaired) electrons. The quantitative estimate of drug-likeness (QED) is 0.435. The molecule has 0 heterocycles. The third kappa shape index (κ3) is 3.08. The van der Waals surface area contributed by atoms with Crippen molar-refractivity contribution in [2.45, 2.75) is 65.8 Å². The maximum Gasteiger partial charge on any atom is 0.0449 e. The Bertz CT molecular complexity index is 1110. The fourth-order valence-electron chi connectivity index (χ4n) is 4.83. The fourth-order valence-corrected chi connectivity index (χ4v) is 4.83. The second-order valence-electron chi connectivity index (χ2n) is 8.73. The van der Waals surface area contributed by atoms with Gasteiger partial charge in [-0.15, -0.1) is 0 Å². The lowest BCUT2D eigenvalue weighted by Crippen LogP contribution is -2.28. The van der Waals surface area contributed by atoms with E-state index in [9.17, 15) is 0 Å². The number of benzene rings is 3. The minimum Gasteiger partial charge on any atom is -0.338 e. The highest BCUT2D eigenvalue weighted by Crippen LogP contribution is 2.51. The van der Waals surface area contributed by atoms with Gasteiger partial charge in [-0.3, -0.25) is 0 Å². The fraction of sp³-hybridized carbons (Fsp3) is 0.357. The smallest absolute Gasteiger partial charge is 0.0449 e. The van der Waals surface area contributed by atoms with Crippen LogP contribution in [0.15, 0.2) is 60.7 Å². The third-order valence-corrected chi connectivity index (χ3v) is 6.32. The molecule has 150 valence electrons. The Hall–Kier alpha value is -2.54. The van der Waals surface area contributed by atoms with Gasteiger partial charge >= 0.3 is 0 Å². The van der Waals surface area contributed by atoms with Crippen LogP contribution in [-0.2, 0) is 18.2 Å². The first-order valence-electron chi connectivity index (χ1n) is 11.8. The maximum atomic E-state index is 8.68. The van der Waals surface area contributed by atoms with Crippen molar-refractivity contribution in [3.8, 4) is 11.1 Å². The van der Waals surface area contributed by atoms with Crippen LogP contribution < -0.4 is 4.90 Å². The van der Waals surface area contributed by atoms with Crippen LogP contribution in [0.3, 0.4) is 0 Å². The summed E-state index contributed by atoms with van der Waals surface area (Å²) in [7, 11) is 0. The molecular weight excluding hydrogens is 350 g/mol. The molecular formula is C28H33N. The zero-order valence-electron chi connectivity index (χ0n) is 20.5. The van der Waals surface area contributed by atoms with Crippen molar-refractivity contribution in [3.05, 3.63) is 82.9 Å². The Morgan fingerprint density at radius 2 is 1.45 bits per heavy atom. The zero-order chi connectivity index (χ0) is 22.5. The van der Waals surface area contributed by atoms with Crippen molar-refractivity contribution in [2.75, 3.05) is 4.90 Å².